The molecule has 3 heteroatoms. The summed E-state index contributed by atoms with van der Waals surface area (Å²) in [7, 11) is 2.03. The first-order chi connectivity index (χ1) is 9.77. The number of anilines is 1. The highest BCUT2D eigenvalue weighted by Gasteiger charge is 2.34. The van der Waals surface area contributed by atoms with Crippen LogP contribution in [0, 0.1) is 23.1 Å². The van der Waals surface area contributed by atoms with Gasteiger partial charge in [0.1, 0.15) is 5.82 Å². The van der Waals surface area contributed by atoms with Crippen LogP contribution >= 0.6 is 0 Å². The van der Waals surface area contributed by atoms with E-state index in [1.807, 2.05) is 13.1 Å². The van der Waals surface area contributed by atoms with Crippen LogP contribution in [0.15, 0.2) is 24.3 Å². The van der Waals surface area contributed by atoms with Crippen LogP contribution in [0.1, 0.15) is 40.0 Å². The summed E-state index contributed by atoms with van der Waals surface area (Å²) in [5, 5.41) is 0. The first-order valence-corrected chi connectivity index (χ1v) is 7.99. The normalized spacial score (nSPS) is 26.7. The highest BCUT2D eigenvalue weighted by Crippen LogP contribution is 2.40. The van der Waals surface area contributed by atoms with Crippen molar-refractivity contribution in [2.45, 2.75) is 46.1 Å². The van der Waals surface area contributed by atoms with Crippen LogP contribution in [0.5, 0.6) is 0 Å². The van der Waals surface area contributed by atoms with Crippen LogP contribution in [-0.2, 0) is 0 Å². The molecule has 1 aromatic rings. The lowest BCUT2D eigenvalue weighted by Gasteiger charge is -2.42. The van der Waals surface area contributed by atoms with Gasteiger partial charge in [-0.25, -0.2) is 4.39 Å². The highest BCUT2D eigenvalue weighted by molar-refractivity contribution is 5.45. The van der Waals surface area contributed by atoms with E-state index in [2.05, 4.69) is 25.7 Å². The minimum atomic E-state index is -0.181. The highest BCUT2D eigenvalue weighted by atomic mass is 19.1. The molecule has 1 aromatic carbocycles. The Kier molecular flexibility index (Phi) is 4.92. The van der Waals surface area contributed by atoms with Crippen LogP contribution in [0.2, 0.25) is 0 Å². The summed E-state index contributed by atoms with van der Waals surface area (Å²) in [5.41, 5.74) is 7.61. The van der Waals surface area contributed by atoms with Gasteiger partial charge in [-0.05, 0) is 54.7 Å². The molecular formula is C18H29FN2. The molecule has 21 heavy (non-hydrogen) atoms. The van der Waals surface area contributed by atoms with E-state index in [-0.39, 0.29) is 11.9 Å². The molecular weight excluding hydrogens is 263 g/mol. The average molecular weight is 292 g/mol. The van der Waals surface area contributed by atoms with Gasteiger partial charge in [0.15, 0.2) is 0 Å². The minimum absolute atomic E-state index is 0.181. The number of benzene rings is 1. The van der Waals surface area contributed by atoms with Crippen molar-refractivity contribution in [2.75, 3.05) is 18.5 Å². The summed E-state index contributed by atoms with van der Waals surface area (Å²) in [6.45, 7) is 7.86. The fraction of sp³-hybridized carbons (Fsp3) is 0.667. The molecule has 0 spiro atoms. The van der Waals surface area contributed by atoms with Gasteiger partial charge in [0.25, 0.3) is 0 Å². The van der Waals surface area contributed by atoms with Crippen molar-refractivity contribution in [3.05, 3.63) is 30.1 Å². The Hall–Kier alpha value is -1.09. The summed E-state index contributed by atoms with van der Waals surface area (Å²) >= 11 is 0. The molecule has 0 aromatic heterocycles. The van der Waals surface area contributed by atoms with Gasteiger partial charge in [-0.2, -0.15) is 0 Å². The van der Waals surface area contributed by atoms with Crippen LogP contribution in [-0.4, -0.2) is 19.6 Å². The zero-order valence-electron chi connectivity index (χ0n) is 13.8. The molecule has 2 nitrogen and oxygen atoms in total. The van der Waals surface area contributed by atoms with E-state index < -0.39 is 0 Å². The van der Waals surface area contributed by atoms with E-state index >= 15 is 0 Å². The van der Waals surface area contributed by atoms with E-state index in [4.69, 9.17) is 5.73 Å². The number of halogens is 1. The van der Waals surface area contributed by atoms with Crippen molar-refractivity contribution in [3.63, 3.8) is 0 Å². The maximum absolute atomic E-state index is 13.3. The minimum Gasteiger partial charge on any atom is -0.374 e. The van der Waals surface area contributed by atoms with Gasteiger partial charge < -0.3 is 10.6 Å². The first kappa shape index (κ1) is 16.3. The third kappa shape index (κ3) is 4.19. The summed E-state index contributed by atoms with van der Waals surface area (Å²) in [6, 6.07) is 7.06. The summed E-state index contributed by atoms with van der Waals surface area (Å²) < 4.78 is 13.3. The molecule has 2 rings (SSSR count). The quantitative estimate of drug-likeness (QED) is 0.910. The topological polar surface area (TPSA) is 29.3 Å². The largest absolute Gasteiger partial charge is 0.374 e. The number of hydrogen-bond acceptors (Lipinski definition) is 2. The second kappa shape index (κ2) is 6.35. The fourth-order valence-electron chi connectivity index (χ4n) is 3.45. The molecule has 3 atom stereocenters. The van der Waals surface area contributed by atoms with Crippen molar-refractivity contribution < 1.29 is 4.39 Å². The Morgan fingerprint density at radius 3 is 2.62 bits per heavy atom. The Morgan fingerprint density at radius 2 is 2.00 bits per heavy atom. The van der Waals surface area contributed by atoms with Crippen LogP contribution in [0.3, 0.4) is 0 Å². The number of nitrogens with two attached hydrogens (primary N) is 1. The van der Waals surface area contributed by atoms with Gasteiger partial charge in [0.2, 0.25) is 0 Å². The predicted octanol–water partition coefficient (Wildman–Crippen LogP) is 4.05. The van der Waals surface area contributed by atoms with Crippen molar-refractivity contribution in [1.82, 2.24) is 0 Å². The zero-order valence-corrected chi connectivity index (χ0v) is 13.8. The van der Waals surface area contributed by atoms with Gasteiger partial charge in [0, 0.05) is 25.3 Å². The Morgan fingerprint density at radius 1 is 1.29 bits per heavy atom. The van der Waals surface area contributed by atoms with Gasteiger partial charge in [-0.1, -0.05) is 26.8 Å². The molecule has 118 valence electrons. The van der Waals surface area contributed by atoms with E-state index in [0.29, 0.717) is 11.3 Å². The predicted molar refractivity (Wildman–Crippen MR) is 87.9 cm³/mol. The second-order valence-electron chi connectivity index (χ2n) is 7.66. The monoisotopic (exact) mass is 292 g/mol. The Balaban J connectivity index is 2.03. The van der Waals surface area contributed by atoms with Gasteiger partial charge >= 0.3 is 0 Å². The molecule has 1 saturated carbocycles. The molecule has 0 bridgehead atoms. The SMILES string of the molecule is CN(CC1CC(C(C)(C)C)CCC1N)c1cccc(F)c1. The number of nitrogens with zero attached hydrogens (tertiary/aromatic N) is 1. The standard InChI is InChI=1S/C18H29FN2/c1-18(2,3)14-8-9-17(20)13(10-14)12-21(4)16-7-5-6-15(19)11-16/h5-7,11,13-14,17H,8-10,12,20H2,1-4H3. The molecule has 1 aliphatic rings. The van der Waals surface area contributed by atoms with Crippen LogP contribution in [0.4, 0.5) is 10.1 Å². The third-order valence-corrected chi connectivity index (χ3v) is 5.02. The van der Waals surface area contributed by atoms with Crippen molar-refractivity contribution >= 4 is 5.69 Å². The lowest BCUT2D eigenvalue weighted by atomic mass is 9.67. The molecule has 0 aliphatic heterocycles. The first-order valence-electron chi connectivity index (χ1n) is 7.99. The Labute approximate surface area is 128 Å². The molecule has 1 fully saturated rings. The summed E-state index contributed by atoms with van der Waals surface area (Å²) in [6.07, 6.45) is 3.50. The second-order valence-corrected chi connectivity index (χ2v) is 7.66. The van der Waals surface area contributed by atoms with Gasteiger partial charge in [-0.3, -0.25) is 0 Å². The maximum Gasteiger partial charge on any atom is 0.125 e. The summed E-state index contributed by atoms with van der Waals surface area (Å²) in [5.74, 6) is 1.03. The molecule has 1 aliphatic carbocycles. The summed E-state index contributed by atoms with van der Waals surface area (Å²) in [4.78, 5) is 2.14. The third-order valence-electron chi connectivity index (χ3n) is 5.02. The maximum atomic E-state index is 13.3. The lowest BCUT2D eigenvalue weighted by Crippen LogP contribution is -2.44. The van der Waals surface area contributed by atoms with Crippen molar-refractivity contribution in [3.8, 4) is 0 Å². The fourth-order valence-corrected chi connectivity index (χ4v) is 3.45. The van der Waals surface area contributed by atoms with Crippen molar-refractivity contribution in [1.29, 1.82) is 0 Å². The van der Waals surface area contributed by atoms with E-state index in [9.17, 15) is 4.39 Å². The Bertz CT molecular complexity index is 467. The zero-order chi connectivity index (χ0) is 15.6. The van der Waals surface area contributed by atoms with E-state index in [0.717, 1.165) is 24.6 Å². The van der Waals surface area contributed by atoms with Crippen molar-refractivity contribution in [2.24, 2.45) is 23.0 Å². The van der Waals surface area contributed by atoms with E-state index in [1.165, 1.54) is 18.9 Å². The van der Waals surface area contributed by atoms with E-state index in [1.54, 1.807) is 12.1 Å². The molecule has 0 radical (unpaired) electrons. The average Bonchev–Trinajstić information content (AvgIpc) is 2.40. The molecule has 0 amide bonds. The molecule has 0 saturated heterocycles. The lowest BCUT2D eigenvalue weighted by molar-refractivity contribution is 0.129. The smallest absolute Gasteiger partial charge is 0.125 e. The molecule has 3 unspecified atom stereocenters. The van der Waals surface area contributed by atoms with Gasteiger partial charge in [-0.15, -0.1) is 0 Å². The molecule has 0 heterocycles. The van der Waals surface area contributed by atoms with Crippen LogP contribution in [0.25, 0.3) is 0 Å². The van der Waals surface area contributed by atoms with Crippen LogP contribution < -0.4 is 10.6 Å². The number of rotatable bonds is 3. The number of hydrogen-bond donors (Lipinski definition) is 1. The van der Waals surface area contributed by atoms with Gasteiger partial charge in [0.05, 0.1) is 0 Å². The molecule has 2 N–H and O–H groups in total.